The number of carbonyl (C=O) groups excluding carboxylic acids is 1. The molecule has 1 amide bonds. The molecule has 0 saturated heterocycles. The van der Waals surface area contributed by atoms with E-state index < -0.39 is 0 Å². The largest absolute Gasteiger partial charge is 0.358 e. The molecule has 0 aliphatic heterocycles. The first-order valence-electron chi connectivity index (χ1n) is 8.28. The molecule has 2 aromatic heterocycles. The van der Waals surface area contributed by atoms with Gasteiger partial charge in [0.15, 0.2) is 0 Å². The first-order valence-corrected chi connectivity index (χ1v) is 8.66. The van der Waals surface area contributed by atoms with Crippen LogP contribution in [0.2, 0.25) is 5.02 Å². The topological polar surface area (TPSA) is 66.9 Å². The van der Waals surface area contributed by atoms with Gasteiger partial charge in [-0.2, -0.15) is 0 Å². The molecule has 0 bridgehead atoms. The van der Waals surface area contributed by atoms with Crippen LogP contribution in [0, 0.1) is 12.3 Å². The number of halogens is 1. The number of terminal acetylenes is 1. The van der Waals surface area contributed by atoms with Crippen molar-refractivity contribution in [1.29, 1.82) is 0 Å². The number of hydrogen-bond acceptors (Lipinski definition) is 4. The average Bonchev–Trinajstić information content (AvgIpc) is 2.71. The van der Waals surface area contributed by atoms with Gasteiger partial charge in [0.1, 0.15) is 5.82 Å². The predicted octanol–water partition coefficient (Wildman–Crippen LogP) is 3.69. The smallest absolute Gasteiger partial charge is 0.253 e. The lowest BCUT2D eigenvalue weighted by Gasteiger charge is -2.20. The van der Waals surface area contributed by atoms with Gasteiger partial charge in [0, 0.05) is 17.4 Å². The Kier molecular flexibility index (Phi) is 6.03. The van der Waals surface area contributed by atoms with Crippen molar-refractivity contribution in [2.45, 2.75) is 6.04 Å². The summed E-state index contributed by atoms with van der Waals surface area (Å²) in [6, 6.07) is 16.5. The van der Waals surface area contributed by atoms with E-state index in [1.165, 1.54) is 6.20 Å². The van der Waals surface area contributed by atoms with Crippen LogP contribution in [0.25, 0.3) is 0 Å². The molecule has 3 rings (SSSR count). The van der Waals surface area contributed by atoms with Crippen molar-refractivity contribution in [2.75, 3.05) is 11.9 Å². The first kappa shape index (κ1) is 18.4. The molecule has 1 unspecified atom stereocenters. The molecule has 5 nitrogen and oxygen atoms in total. The first-order chi connectivity index (χ1) is 13.2. The van der Waals surface area contributed by atoms with E-state index in [1.807, 2.05) is 42.5 Å². The molecule has 27 heavy (non-hydrogen) atoms. The maximum absolute atomic E-state index is 11.9. The highest BCUT2D eigenvalue weighted by Crippen LogP contribution is 2.26. The highest BCUT2D eigenvalue weighted by Gasteiger charge is 2.16. The fraction of sp³-hybridized carbons (Fsp3) is 0.0952. The van der Waals surface area contributed by atoms with E-state index in [0.29, 0.717) is 16.4 Å². The minimum absolute atomic E-state index is 0.176. The molecule has 3 aromatic rings. The van der Waals surface area contributed by atoms with Gasteiger partial charge in [0.2, 0.25) is 0 Å². The van der Waals surface area contributed by atoms with Gasteiger partial charge < -0.3 is 10.6 Å². The average molecular weight is 377 g/mol. The third kappa shape index (κ3) is 4.84. The summed E-state index contributed by atoms with van der Waals surface area (Å²) in [6.07, 6.45) is 8.39. The Hall–Kier alpha value is -3.36. The molecular weight excluding hydrogens is 360 g/mol. The molecule has 2 heterocycles. The van der Waals surface area contributed by atoms with Gasteiger partial charge >= 0.3 is 0 Å². The number of benzene rings is 1. The summed E-state index contributed by atoms with van der Waals surface area (Å²) in [6.45, 7) is 0.176. The number of aromatic nitrogens is 2. The van der Waals surface area contributed by atoms with Crippen molar-refractivity contribution in [2.24, 2.45) is 0 Å². The summed E-state index contributed by atoms with van der Waals surface area (Å²) in [5.74, 6) is 2.71. The van der Waals surface area contributed by atoms with E-state index >= 15 is 0 Å². The number of carbonyl (C=O) groups is 1. The summed E-state index contributed by atoms with van der Waals surface area (Å²) < 4.78 is 0. The van der Waals surface area contributed by atoms with E-state index in [1.54, 1.807) is 18.3 Å². The van der Waals surface area contributed by atoms with Crippen LogP contribution in [0.4, 0.5) is 5.82 Å². The van der Waals surface area contributed by atoms with Crippen LogP contribution in [-0.2, 0) is 0 Å². The zero-order valence-electron chi connectivity index (χ0n) is 14.4. The van der Waals surface area contributed by atoms with Crippen molar-refractivity contribution in [3.8, 4) is 12.3 Å². The fourth-order valence-electron chi connectivity index (χ4n) is 2.56. The molecular formula is C21H17ClN4O. The summed E-state index contributed by atoms with van der Waals surface area (Å²) >= 11 is 6.15. The second-order valence-electron chi connectivity index (χ2n) is 5.71. The van der Waals surface area contributed by atoms with Crippen molar-refractivity contribution in [3.05, 3.63) is 88.8 Å². The number of rotatable bonds is 6. The summed E-state index contributed by atoms with van der Waals surface area (Å²) in [5.41, 5.74) is 2.23. The lowest BCUT2D eigenvalue weighted by molar-refractivity contribution is 0.0958. The summed E-state index contributed by atoms with van der Waals surface area (Å²) in [5, 5.41) is 6.60. The molecule has 0 spiro atoms. The Balaban J connectivity index is 1.85. The monoisotopic (exact) mass is 376 g/mol. The van der Waals surface area contributed by atoms with Crippen LogP contribution < -0.4 is 10.6 Å². The maximum Gasteiger partial charge on any atom is 0.253 e. The molecule has 0 saturated carbocycles. The Morgan fingerprint density at radius 2 is 2.04 bits per heavy atom. The molecule has 1 aromatic carbocycles. The van der Waals surface area contributed by atoms with Gasteiger partial charge in [-0.05, 0) is 42.0 Å². The predicted molar refractivity (Wildman–Crippen MR) is 107 cm³/mol. The highest BCUT2D eigenvalue weighted by atomic mass is 35.5. The van der Waals surface area contributed by atoms with Crippen LogP contribution >= 0.6 is 11.6 Å². The maximum atomic E-state index is 11.9. The number of nitrogens with one attached hydrogen (secondary N) is 2. The molecule has 134 valence electrons. The van der Waals surface area contributed by atoms with Gasteiger partial charge in [-0.3, -0.25) is 9.78 Å². The van der Waals surface area contributed by atoms with Crippen molar-refractivity contribution < 1.29 is 4.79 Å². The normalized spacial score (nSPS) is 11.3. The van der Waals surface area contributed by atoms with Crippen LogP contribution in [0.3, 0.4) is 0 Å². The van der Waals surface area contributed by atoms with Crippen molar-refractivity contribution in [1.82, 2.24) is 15.3 Å². The van der Waals surface area contributed by atoms with E-state index in [-0.39, 0.29) is 18.5 Å². The Bertz CT molecular complexity index is 952. The standard InChI is InChI=1S/C21H17ClN4O/c1-2-11-24-21(27)16-9-10-19(25-14-16)26-20(18-8-3-4-12-23-18)15-6-5-7-17(22)13-15/h1,3-10,12-14,20H,11H2,(H,24,27)(H,25,26). The molecule has 0 fully saturated rings. The molecule has 0 aliphatic carbocycles. The van der Waals surface area contributed by atoms with Crippen LogP contribution in [0.5, 0.6) is 0 Å². The van der Waals surface area contributed by atoms with E-state index in [9.17, 15) is 4.79 Å². The quantitative estimate of drug-likeness (QED) is 0.644. The second-order valence-corrected chi connectivity index (χ2v) is 6.14. The zero-order chi connectivity index (χ0) is 19.1. The Labute approximate surface area is 162 Å². The third-order valence-electron chi connectivity index (χ3n) is 3.83. The lowest BCUT2D eigenvalue weighted by Crippen LogP contribution is -2.23. The minimum atomic E-state index is -0.261. The van der Waals surface area contributed by atoms with E-state index in [4.69, 9.17) is 18.0 Å². The van der Waals surface area contributed by atoms with Gasteiger partial charge in [0.05, 0.1) is 23.8 Å². The number of amides is 1. The van der Waals surface area contributed by atoms with Crippen molar-refractivity contribution in [3.63, 3.8) is 0 Å². The molecule has 6 heteroatoms. The summed E-state index contributed by atoms with van der Waals surface area (Å²) in [4.78, 5) is 20.7. The zero-order valence-corrected chi connectivity index (χ0v) is 15.1. The SMILES string of the molecule is C#CCNC(=O)c1ccc(NC(c2cccc(Cl)c2)c2ccccn2)nc1. The lowest BCUT2D eigenvalue weighted by atomic mass is 10.0. The van der Waals surface area contributed by atoms with E-state index in [0.717, 1.165) is 11.3 Å². The highest BCUT2D eigenvalue weighted by molar-refractivity contribution is 6.30. The number of nitrogens with zero attached hydrogens (tertiary/aromatic N) is 2. The van der Waals surface area contributed by atoms with Gasteiger partial charge in [-0.25, -0.2) is 4.98 Å². The van der Waals surface area contributed by atoms with Crippen molar-refractivity contribution >= 4 is 23.3 Å². The fourth-order valence-corrected chi connectivity index (χ4v) is 2.75. The van der Waals surface area contributed by atoms with Crippen LogP contribution in [0.1, 0.15) is 27.7 Å². The summed E-state index contributed by atoms with van der Waals surface area (Å²) in [7, 11) is 0. The van der Waals surface area contributed by atoms with Crippen LogP contribution in [-0.4, -0.2) is 22.4 Å². The number of pyridine rings is 2. The minimum Gasteiger partial charge on any atom is -0.358 e. The third-order valence-corrected chi connectivity index (χ3v) is 4.07. The van der Waals surface area contributed by atoms with Crippen LogP contribution in [0.15, 0.2) is 67.0 Å². The Morgan fingerprint density at radius 3 is 2.70 bits per heavy atom. The van der Waals surface area contributed by atoms with Gasteiger partial charge in [0.25, 0.3) is 5.91 Å². The molecule has 0 radical (unpaired) electrons. The van der Waals surface area contributed by atoms with Gasteiger partial charge in [-0.15, -0.1) is 6.42 Å². The van der Waals surface area contributed by atoms with E-state index in [2.05, 4.69) is 26.5 Å². The number of hydrogen-bond donors (Lipinski definition) is 2. The molecule has 0 aliphatic rings. The Morgan fingerprint density at radius 1 is 1.15 bits per heavy atom. The number of anilines is 1. The second kappa shape index (κ2) is 8.84. The molecule has 1 atom stereocenters. The molecule has 2 N–H and O–H groups in total. The van der Waals surface area contributed by atoms with Gasteiger partial charge in [-0.1, -0.05) is 35.7 Å².